The predicted molar refractivity (Wildman–Crippen MR) is 56.7 cm³/mol. The molecule has 3 nitrogen and oxygen atoms in total. The molecule has 16 heavy (non-hydrogen) atoms. The Balaban J connectivity index is 3.93. The number of hydrazine groups is 1. The van der Waals surface area contributed by atoms with E-state index in [0.29, 0.717) is 12.8 Å². The molecule has 0 aromatic rings. The van der Waals surface area contributed by atoms with E-state index in [9.17, 15) is 13.2 Å². The van der Waals surface area contributed by atoms with Gasteiger partial charge in [0.1, 0.15) is 0 Å². The molecule has 0 aliphatic heterocycles. The zero-order valence-electron chi connectivity index (χ0n) is 10.0. The van der Waals surface area contributed by atoms with Crippen molar-refractivity contribution >= 4 is 0 Å². The van der Waals surface area contributed by atoms with E-state index >= 15 is 0 Å². The summed E-state index contributed by atoms with van der Waals surface area (Å²) in [6.07, 6.45) is -3.80. The van der Waals surface area contributed by atoms with Crippen LogP contribution in [0.4, 0.5) is 13.2 Å². The molecule has 0 fully saturated rings. The monoisotopic (exact) mass is 242 g/mol. The van der Waals surface area contributed by atoms with E-state index in [2.05, 4.69) is 5.43 Å². The topological polar surface area (TPSA) is 47.3 Å². The van der Waals surface area contributed by atoms with Crippen molar-refractivity contribution in [2.75, 3.05) is 7.11 Å². The molecule has 0 aromatic carbocycles. The molecule has 98 valence electrons. The van der Waals surface area contributed by atoms with Crippen molar-refractivity contribution in [3.63, 3.8) is 0 Å². The number of alkyl halides is 3. The smallest absolute Gasteiger partial charge is 0.379 e. The highest BCUT2D eigenvalue weighted by atomic mass is 19.4. The number of hydrogen-bond acceptors (Lipinski definition) is 3. The maximum absolute atomic E-state index is 11.9. The van der Waals surface area contributed by atoms with Crippen LogP contribution in [0.1, 0.15) is 39.5 Å². The number of nitrogens with two attached hydrogens (primary N) is 1. The van der Waals surface area contributed by atoms with E-state index in [4.69, 9.17) is 10.6 Å². The zero-order chi connectivity index (χ0) is 12.8. The van der Waals surface area contributed by atoms with Crippen molar-refractivity contribution in [1.82, 2.24) is 5.43 Å². The van der Waals surface area contributed by atoms with Crippen molar-refractivity contribution in [1.29, 1.82) is 0 Å². The third-order valence-electron chi connectivity index (χ3n) is 2.54. The van der Waals surface area contributed by atoms with Crippen molar-refractivity contribution in [3.8, 4) is 0 Å². The number of nitrogens with one attached hydrogen (secondary N) is 1. The second-order valence-corrected chi connectivity index (χ2v) is 4.54. The molecule has 0 saturated carbocycles. The van der Waals surface area contributed by atoms with Gasteiger partial charge in [-0.25, -0.2) is 0 Å². The molecule has 3 N–H and O–H groups in total. The minimum Gasteiger partial charge on any atom is -0.379 e. The summed E-state index contributed by atoms with van der Waals surface area (Å²) in [5, 5.41) is 0. The van der Waals surface area contributed by atoms with Crippen molar-refractivity contribution in [2.45, 2.75) is 57.3 Å². The van der Waals surface area contributed by atoms with Crippen LogP contribution in [-0.4, -0.2) is 24.9 Å². The fourth-order valence-corrected chi connectivity index (χ4v) is 1.47. The lowest BCUT2D eigenvalue weighted by atomic mass is 9.95. The molecule has 0 aromatic heterocycles. The lowest BCUT2D eigenvalue weighted by Crippen LogP contribution is -2.41. The molecular weight excluding hydrogens is 221 g/mol. The third kappa shape index (κ3) is 7.90. The van der Waals surface area contributed by atoms with E-state index in [1.54, 1.807) is 7.11 Å². The van der Waals surface area contributed by atoms with Crippen LogP contribution in [0.5, 0.6) is 0 Å². The van der Waals surface area contributed by atoms with Crippen LogP contribution in [0.3, 0.4) is 0 Å². The van der Waals surface area contributed by atoms with Crippen LogP contribution in [-0.2, 0) is 4.74 Å². The summed E-state index contributed by atoms with van der Waals surface area (Å²) >= 11 is 0. The molecule has 0 radical (unpaired) electrons. The Bertz CT molecular complexity index is 195. The molecule has 0 spiro atoms. The molecule has 0 heterocycles. The second kappa shape index (κ2) is 6.42. The van der Waals surface area contributed by atoms with Gasteiger partial charge < -0.3 is 4.74 Å². The van der Waals surface area contributed by atoms with Crippen molar-refractivity contribution in [3.05, 3.63) is 0 Å². The minimum absolute atomic E-state index is 0.0815. The van der Waals surface area contributed by atoms with Gasteiger partial charge in [0.2, 0.25) is 0 Å². The number of hydrogen-bond donors (Lipinski definition) is 2. The number of rotatable bonds is 7. The highest BCUT2D eigenvalue weighted by Gasteiger charge is 2.28. The largest absolute Gasteiger partial charge is 0.389 e. The summed E-state index contributed by atoms with van der Waals surface area (Å²) in [5.74, 6) is 5.30. The molecule has 6 heteroatoms. The van der Waals surface area contributed by atoms with Crippen LogP contribution in [0.25, 0.3) is 0 Å². The van der Waals surface area contributed by atoms with Crippen LogP contribution in [0.15, 0.2) is 0 Å². The number of methoxy groups -OCH3 is 1. The highest BCUT2D eigenvalue weighted by Crippen LogP contribution is 2.24. The van der Waals surface area contributed by atoms with E-state index < -0.39 is 12.6 Å². The van der Waals surface area contributed by atoms with Gasteiger partial charge in [-0.05, 0) is 33.1 Å². The molecule has 0 aliphatic rings. The van der Waals surface area contributed by atoms with Crippen LogP contribution < -0.4 is 11.3 Å². The van der Waals surface area contributed by atoms with Gasteiger partial charge in [0.05, 0.1) is 5.60 Å². The summed E-state index contributed by atoms with van der Waals surface area (Å²) in [6, 6.07) is -0.155. The predicted octanol–water partition coefficient (Wildman–Crippen LogP) is 2.37. The molecule has 0 aliphatic carbocycles. The van der Waals surface area contributed by atoms with Gasteiger partial charge in [-0.3, -0.25) is 11.3 Å². The van der Waals surface area contributed by atoms with E-state index in [0.717, 1.165) is 0 Å². The van der Waals surface area contributed by atoms with Gasteiger partial charge in [0, 0.05) is 19.6 Å². The summed E-state index contributed by atoms with van der Waals surface area (Å²) < 4.78 is 41.0. The van der Waals surface area contributed by atoms with E-state index in [1.807, 2.05) is 13.8 Å². The lowest BCUT2D eigenvalue weighted by molar-refractivity contribution is -0.136. The number of ether oxygens (including phenoxy) is 1. The first-order chi connectivity index (χ1) is 7.20. The Hall–Kier alpha value is -0.330. The Kier molecular flexibility index (Phi) is 6.28. The van der Waals surface area contributed by atoms with Crippen molar-refractivity contribution in [2.24, 2.45) is 5.84 Å². The SMILES string of the molecule is COC(C)(C)CC(CCCC(F)(F)F)NN. The normalized spacial score (nSPS) is 15.2. The Morgan fingerprint density at radius 1 is 1.31 bits per heavy atom. The summed E-state index contributed by atoms with van der Waals surface area (Å²) in [6.45, 7) is 3.75. The molecular formula is C10H21F3N2O. The first-order valence-corrected chi connectivity index (χ1v) is 5.28. The first kappa shape index (κ1) is 15.7. The maximum atomic E-state index is 11.9. The Morgan fingerprint density at radius 3 is 2.25 bits per heavy atom. The van der Waals surface area contributed by atoms with Gasteiger partial charge in [0.15, 0.2) is 0 Å². The van der Waals surface area contributed by atoms with Gasteiger partial charge >= 0.3 is 6.18 Å². The van der Waals surface area contributed by atoms with Gasteiger partial charge in [0.25, 0.3) is 0 Å². The molecule has 0 amide bonds. The van der Waals surface area contributed by atoms with Gasteiger partial charge in [-0.1, -0.05) is 0 Å². The fraction of sp³-hybridized carbons (Fsp3) is 1.00. The van der Waals surface area contributed by atoms with Crippen LogP contribution >= 0.6 is 0 Å². The quantitative estimate of drug-likeness (QED) is 0.532. The van der Waals surface area contributed by atoms with E-state index in [1.165, 1.54) is 0 Å². The molecule has 0 bridgehead atoms. The third-order valence-corrected chi connectivity index (χ3v) is 2.54. The van der Waals surface area contributed by atoms with Crippen LogP contribution in [0.2, 0.25) is 0 Å². The van der Waals surface area contributed by atoms with Crippen LogP contribution in [0, 0.1) is 0 Å². The summed E-state index contributed by atoms with van der Waals surface area (Å²) in [7, 11) is 1.57. The summed E-state index contributed by atoms with van der Waals surface area (Å²) in [5.41, 5.74) is 2.15. The summed E-state index contributed by atoms with van der Waals surface area (Å²) in [4.78, 5) is 0. The molecule has 1 atom stereocenters. The standard InChI is InChI=1S/C10H21F3N2O/c1-9(2,16-3)7-8(15-14)5-4-6-10(11,12)13/h8,15H,4-7,14H2,1-3H3. The lowest BCUT2D eigenvalue weighted by Gasteiger charge is -2.28. The number of halogens is 3. The highest BCUT2D eigenvalue weighted by molar-refractivity contribution is 4.77. The fourth-order valence-electron chi connectivity index (χ4n) is 1.47. The zero-order valence-corrected chi connectivity index (χ0v) is 10.0. The van der Waals surface area contributed by atoms with Gasteiger partial charge in [-0.15, -0.1) is 0 Å². The maximum Gasteiger partial charge on any atom is 0.389 e. The van der Waals surface area contributed by atoms with E-state index in [-0.39, 0.29) is 18.1 Å². The van der Waals surface area contributed by atoms with Crippen molar-refractivity contribution < 1.29 is 17.9 Å². The second-order valence-electron chi connectivity index (χ2n) is 4.54. The first-order valence-electron chi connectivity index (χ1n) is 5.28. The van der Waals surface area contributed by atoms with Gasteiger partial charge in [-0.2, -0.15) is 13.2 Å². The molecule has 0 saturated heterocycles. The minimum atomic E-state index is -4.09. The average molecular weight is 242 g/mol. The Labute approximate surface area is 94.5 Å². The molecule has 1 unspecified atom stereocenters. The Morgan fingerprint density at radius 2 is 1.88 bits per heavy atom. The average Bonchev–Trinajstić information content (AvgIpc) is 2.14. The molecule has 0 rings (SSSR count).